The summed E-state index contributed by atoms with van der Waals surface area (Å²) in [7, 11) is -2.98. The minimum Gasteiger partial charge on any atom is -0.313 e. The van der Waals surface area contributed by atoms with Crippen LogP contribution in [0.15, 0.2) is 0 Å². The maximum absolute atomic E-state index is 11.4. The van der Waals surface area contributed by atoms with Crippen molar-refractivity contribution in [2.45, 2.75) is 51.3 Å². The van der Waals surface area contributed by atoms with Crippen LogP contribution in [0.4, 0.5) is 0 Å². The monoisotopic (exact) mass is 221 g/mol. The van der Waals surface area contributed by atoms with Gasteiger partial charge in [0.15, 0.2) is 9.84 Å². The first-order chi connectivity index (χ1) is 6.20. The molecule has 3 nitrogen and oxygen atoms in total. The number of rotatable bonds is 6. The summed E-state index contributed by atoms with van der Waals surface area (Å²) < 4.78 is 22.1. The molecule has 0 aliphatic carbocycles. The molecule has 0 radical (unpaired) electrons. The molecule has 86 valence electrons. The second-order valence-corrected chi connectivity index (χ2v) is 7.25. The lowest BCUT2D eigenvalue weighted by Crippen LogP contribution is -2.44. The number of hydrogen-bond donors (Lipinski definition) is 1. The molecule has 0 saturated carbocycles. The molecule has 0 bridgehead atoms. The molecule has 0 spiro atoms. The third kappa shape index (κ3) is 4.42. The van der Waals surface area contributed by atoms with Crippen molar-refractivity contribution >= 4 is 9.84 Å². The van der Waals surface area contributed by atoms with E-state index in [4.69, 9.17) is 0 Å². The van der Waals surface area contributed by atoms with Crippen molar-refractivity contribution in [2.24, 2.45) is 0 Å². The van der Waals surface area contributed by atoms with Crippen molar-refractivity contribution in [1.82, 2.24) is 5.32 Å². The fourth-order valence-corrected chi connectivity index (χ4v) is 1.43. The molecule has 0 amide bonds. The molecule has 1 N–H and O–H groups in total. The van der Waals surface area contributed by atoms with Gasteiger partial charge in [-0.15, -0.1) is 0 Å². The van der Waals surface area contributed by atoms with Crippen LogP contribution in [0.25, 0.3) is 0 Å². The Kier molecular flexibility index (Phi) is 5.09. The van der Waals surface area contributed by atoms with Crippen molar-refractivity contribution in [3.05, 3.63) is 0 Å². The van der Waals surface area contributed by atoms with E-state index in [0.29, 0.717) is 12.6 Å². The highest BCUT2D eigenvalue weighted by atomic mass is 32.2. The molecule has 1 unspecified atom stereocenters. The topological polar surface area (TPSA) is 46.2 Å². The molecular formula is C10H23NO2S. The fourth-order valence-electron chi connectivity index (χ4n) is 1.09. The predicted octanol–water partition coefficient (Wildman–Crippen LogP) is 1.59. The molecule has 4 heteroatoms. The molecule has 14 heavy (non-hydrogen) atoms. The van der Waals surface area contributed by atoms with Gasteiger partial charge in [0, 0.05) is 18.8 Å². The van der Waals surface area contributed by atoms with Crippen LogP contribution in [0.5, 0.6) is 0 Å². The lowest BCUT2D eigenvalue weighted by molar-refractivity contribution is 0.461. The summed E-state index contributed by atoms with van der Waals surface area (Å²) in [6.07, 6.45) is 3.49. The zero-order valence-electron chi connectivity index (χ0n) is 9.92. The van der Waals surface area contributed by atoms with E-state index in [9.17, 15) is 8.42 Å². The molecule has 0 rings (SSSR count). The van der Waals surface area contributed by atoms with E-state index < -0.39 is 14.6 Å². The molecule has 0 aromatic heterocycles. The summed E-state index contributed by atoms with van der Waals surface area (Å²) in [5.41, 5.74) is 0. The van der Waals surface area contributed by atoms with Crippen molar-refractivity contribution in [3.63, 3.8) is 0 Å². The average Bonchev–Trinajstić information content (AvgIpc) is 1.99. The van der Waals surface area contributed by atoms with Gasteiger partial charge in [0.25, 0.3) is 0 Å². The van der Waals surface area contributed by atoms with Crippen LogP contribution in [0.3, 0.4) is 0 Å². The van der Waals surface area contributed by atoms with Crippen molar-refractivity contribution in [2.75, 3.05) is 12.8 Å². The largest absolute Gasteiger partial charge is 0.313 e. The Bertz CT molecular complexity index is 257. The molecule has 0 aliphatic heterocycles. The quantitative estimate of drug-likeness (QED) is 0.741. The second-order valence-electron chi connectivity index (χ2n) is 4.60. The highest BCUT2D eigenvalue weighted by Crippen LogP contribution is 2.13. The molecule has 1 atom stereocenters. The van der Waals surface area contributed by atoms with Gasteiger partial charge in [-0.25, -0.2) is 8.42 Å². The van der Waals surface area contributed by atoms with Crippen LogP contribution in [-0.4, -0.2) is 32.0 Å². The first-order valence-electron chi connectivity index (χ1n) is 5.13. The Morgan fingerprint density at radius 2 is 1.86 bits per heavy atom. The Balaban J connectivity index is 4.13. The molecule has 0 aliphatic rings. The van der Waals surface area contributed by atoms with Crippen molar-refractivity contribution < 1.29 is 8.42 Å². The highest BCUT2D eigenvalue weighted by Gasteiger charge is 2.29. The van der Waals surface area contributed by atoms with E-state index in [2.05, 4.69) is 19.2 Å². The zero-order valence-corrected chi connectivity index (χ0v) is 10.7. The molecule has 0 aromatic carbocycles. The number of nitrogens with one attached hydrogen (secondary N) is 1. The molecule has 0 saturated heterocycles. The van der Waals surface area contributed by atoms with Crippen molar-refractivity contribution in [3.8, 4) is 0 Å². The van der Waals surface area contributed by atoms with Gasteiger partial charge in [-0.1, -0.05) is 13.3 Å². The van der Waals surface area contributed by atoms with E-state index in [1.165, 1.54) is 6.26 Å². The van der Waals surface area contributed by atoms with Crippen molar-refractivity contribution in [1.29, 1.82) is 0 Å². The van der Waals surface area contributed by atoms with E-state index in [0.717, 1.165) is 12.8 Å². The van der Waals surface area contributed by atoms with Gasteiger partial charge < -0.3 is 5.32 Å². The van der Waals surface area contributed by atoms with Gasteiger partial charge in [0.2, 0.25) is 0 Å². The molecule has 0 aromatic rings. The second kappa shape index (κ2) is 5.12. The van der Waals surface area contributed by atoms with Gasteiger partial charge in [-0.3, -0.25) is 0 Å². The maximum Gasteiger partial charge on any atom is 0.153 e. The zero-order chi connectivity index (χ0) is 11.4. The lowest BCUT2D eigenvalue weighted by Gasteiger charge is -2.25. The first kappa shape index (κ1) is 13.9. The van der Waals surface area contributed by atoms with Gasteiger partial charge in [0.05, 0.1) is 4.75 Å². The van der Waals surface area contributed by atoms with Gasteiger partial charge >= 0.3 is 0 Å². The summed E-state index contributed by atoms with van der Waals surface area (Å²) >= 11 is 0. The number of sulfone groups is 1. The summed E-state index contributed by atoms with van der Waals surface area (Å²) in [5, 5.41) is 3.25. The Morgan fingerprint density at radius 3 is 2.21 bits per heavy atom. The highest BCUT2D eigenvalue weighted by molar-refractivity contribution is 7.92. The summed E-state index contributed by atoms with van der Waals surface area (Å²) in [6.45, 7) is 8.25. The third-order valence-corrected chi connectivity index (χ3v) is 4.75. The lowest BCUT2D eigenvalue weighted by atomic mass is 10.1. The van der Waals surface area contributed by atoms with Gasteiger partial charge in [-0.2, -0.15) is 0 Å². The first-order valence-corrected chi connectivity index (χ1v) is 7.03. The van der Waals surface area contributed by atoms with Gasteiger partial charge in [-0.05, 0) is 27.2 Å². The summed E-state index contributed by atoms with van der Waals surface area (Å²) in [5.74, 6) is 0. The van der Waals surface area contributed by atoms with Crippen LogP contribution in [0.1, 0.15) is 40.5 Å². The van der Waals surface area contributed by atoms with E-state index in [1.807, 2.05) is 0 Å². The molecular weight excluding hydrogens is 198 g/mol. The molecule has 0 fully saturated rings. The maximum atomic E-state index is 11.4. The Hall–Kier alpha value is -0.0900. The Morgan fingerprint density at radius 1 is 1.36 bits per heavy atom. The van der Waals surface area contributed by atoms with Crippen LogP contribution in [0, 0.1) is 0 Å². The average molecular weight is 221 g/mol. The standard InChI is InChI=1S/C10H23NO2S/c1-6-7-9(2)11-8-10(3,4)14(5,12)13/h9,11H,6-8H2,1-5H3. The molecule has 0 heterocycles. The van der Waals surface area contributed by atoms with Crippen LogP contribution < -0.4 is 5.32 Å². The minimum atomic E-state index is -2.98. The van der Waals surface area contributed by atoms with Crippen LogP contribution >= 0.6 is 0 Å². The SMILES string of the molecule is CCCC(C)NCC(C)(C)S(C)(=O)=O. The van der Waals surface area contributed by atoms with Crippen LogP contribution in [-0.2, 0) is 9.84 Å². The van der Waals surface area contributed by atoms with Crippen LogP contribution in [0.2, 0.25) is 0 Å². The van der Waals surface area contributed by atoms with E-state index in [-0.39, 0.29) is 0 Å². The fraction of sp³-hybridized carbons (Fsp3) is 1.00. The summed E-state index contributed by atoms with van der Waals surface area (Å²) in [4.78, 5) is 0. The normalized spacial score (nSPS) is 15.5. The number of hydrogen-bond acceptors (Lipinski definition) is 3. The van der Waals surface area contributed by atoms with Gasteiger partial charge in [0.1, 0.15) is 0 Å². The smallest absolute Gasteiger partial charge is 0.153 e. The summed E-state index contributed by atoms with van der Waals surface area (Å²) in [6, 6.07) is 0.390. The minimum absolute atomic E-state index is 0.390. The van der Waals surface area contributed by atoms with E-state index >= 15 is 0 Å². The van der Waals surface area contributed by atoms with E-state index in [1.54, 1.807) is 13.8 Å². The Labute approximate surface area is 88.2 Å². The third-order valence-electron chi connectivity index (χ3n) is 2.60. The predicted molar refractivity (Wildman–Crippen MR) is 61.3 cm³/mol.